The molecule has 1 aromatic rings. The van der Waals surface area contributed by atoms with Crippen molar-refractivity contribution in [1.29, 1.82) is 0 Å². The molecule has 3 N–H and O–H groups in total. The SMILES string of the molecule is COCC(CO)NCC(=O)Nc1cccc(F)c1. The first kappa shape index (κ1) is 14.6. The van der Waals surface area contributed by atoms with Gasteiger partial charge in [0.2, 0.25) is 5.91 Å². The lowest BCUT2D eigenvalue weighted by Gasteiger charge is -2.14. The molecule has 5 nitrogen and oxygen atoms in total. The quantitative estimate of drug-likeness (QED) is 0.659. The highest BCUT2D eigenvalue weighted by Gasteiger charge is 2.09. The number of carbonyl (C=O) groups is 1. The summed E-state index contributed by atoms with van der Waals surface area (Å²) < 4.78 is 17.7. The number of anilines is 1. The van der Waals surface area contributed by atoms with Crippen molar-refractivity contribution in [2.24, 2.45) is 0 Å². The molecule has 1 unspecified atom stereocenters. The Morgan fingerprint density at radius 2 is 2.33 bits per heavy atom. The molecule has 0 saturated carbocycles. The maximum absolute atomic E-state index is 12.9. The average Bonchev–Trinajstić information content (AvgIpc) is 2.34. The summed E-state index contributed by atoms with van der Waals surface area (Å²) >= 11 is 0. The van der Waals surface area contributed by atoms with E-state index in [9.17, 15) is 9.18 Å². The summed E-state index contributed by atoms with van der Waals surface area (Å²) in [6.45, 7) is 0.204. The van der Waals surface area contributed by atoms with Crippen molar-refractivity contribution in [2.45, 2.75) is 6.04 Å². The van der Waals surface area contributed by atoms with Crippen molar-refractivity contribution in [3.63, 3.8) is 0 Å². The van der Waals surface area contributed by atoms with Crippen LogP contribution in [-0.4, -0.2) is 43.9 Å². The summed E-state index contributed by atoms with van der Waals surface area (Å²) in [6.07, 6.45) is 0. The molecule has 0 saturated heterocycles. The minimum atomic E-state index is -0.409. The number of rotatable bonds is 7. The van der Waals surface area contributed by atoms with Gasteiger partial charge in [0.05, 0.1) is 25.8 Å². The highest BCUT2D eigenvalue weighted by Crippen LogP contribution is 2.08. The number of hydrogen-bond acceptors (Lipinski definition) is 4. The Morgan fingerprint density at radius 1 is 1.56 bits per heavy atom. The number of carbonyl (C=O) groups excluding carboxylic acids is 1. The highest BCUT2D eigenvalue weighted by molar-refractivity contribution is 5.92. The number of aliphatic hydroxyl groups is 1. The van der Waals surface area contributed by atoms with E-state index in [-0.39, 0.29) is 25.1 Å². The Balaban J connectivity index is 2.37. The summed E-state index contributed by atoms with van der Waals surface area (Å²) in [5.74, 6) is -0.719. The van der Waals surface area contributed by atoms with E-state index in [1.54, 1.807) is 6.07 Å². The molecule has 18 heavy (non-hydrogen) atoms. The van der Waals surface area contributed by atoms with Gasteiger partial charge in [-0.3, -0.25) is 4.79 Å². The smallest absolute Gasteiger partial charge is 0.238 e. The van der Waals surface area contributed by atoms with E-state index in [1.807, 2.05) is 0 Å². The summed E-state index contributed by atoms with van der Waals surface area (Å²) in [7, 11) is 1.51. The largest absolute Gasteiger partial charge is 0.395 e. The Hall–Kier alpha value is -1.50. The van der Waals surface area contributed by atoms with Gasteiger partial charge in [0, 0.05) is 12.8 Å². The lowest BCUT2D eigenvalue weighted by atomic mass is 10.3. The molecule has 1 amide bonds. The van der Waals surface area contributed by atoms with Crippen LogP contribution in [0.3, 0.4) is 0 Å². The maximum atomic E-state index is 12.9. The minimum Gasteiger partial charge on any atom is -0.395 e. The molecule has 100 valence electrons. The van der Waals surface area contributed by atoms with Crippen LogP contribution in [0.5, 0.6) is 0 Å². The molecule has 1 atom stereocenters. The van der Waals surface area contributed by atoms with E-state index >= 15 is 0 Å². The van der Waals surface area contributed by atoms with Crippen LogP contribution in [0.15, 0.2) is 24.3 Å². The van der Waals surface area contributed by atoms with E-state index in [0.717, 1.165) is 0 Å². The number of benzene rings is 1. The van der Waals surface area contributed by atoms with Gasteiger partial charge in [-0.15, -0.1) is 0 Å². The number of nitrogens with one attached hydrogen (secondary N) is 2. The van der Waals surface area contributed by atoms with Gasteiger partial charge in [-0.05, 0) is 18.2 Å². The van der Waals surface area contributed by atoms with E-state index < -0.39 is 5.82 Å². The molecule has 0 aromatic heterocycles. The predicted octanol–water partition coefficient (Wildman–Crippen LogP) is 0.361. The maximum Gasteiger partial charge on any atom is 0.238 e. The van der Waals surface area contributed by atoms with E-state index in [0.29, 0.717) is 12.3 Å². The third-order valence-corrected chi connectivity index (χ3v) is 2.25. The second-order valence-electron chi connectivity index (χ2n) is 3.77. The van der Waals surface area contributed by atoms with Gasteiger partial charge in [-0.1, -0.05) is 6.07 Å². The molecule has 0 fully saturated rings. The van der Waals surface area contributed by atoms with Crippen molar-refractivity contribution in [1.82, 2.24) is 5.32 Å². The number of amides is 1. The fourth-order valence-corrected chi connectivity index (χ4v) is 1.39. The topological polar surface area (TPSA) is 70.6 Å². The second-order valence-corrected chi connectivity index (χ2v) is 3.77. The number of methoxy groups -OCH3 is 1. The molecule has 0 heterocycles. The molecular weight excluding hydrogens is 239 g/mol. The van der Waals surface area contributed by atoms with Crippen molar-refractivity contribution in [2.75, 3.05) is 32.2 Å². The first-order valence-electron chi connectivity index (χ1n) is 5.54. The molecule has 0 aliphatic rings. The fraction of sp³-hybridized carbons (Fsp3) is 0.417. The Bertz CT molecular complexity index is 387. The van der Waals surface area contributed by atoms with E-state index in [4.69, 9.17) is 9.84 Å². The summed E-state index contributed by atoms with van der Waals surface area (Å²) in [6, 6.07) is 5.35. The van der Waals surface area contributed by atoms with Crippen molar-refractivity contribution < 1.29 is 19.0 Å². The van der Waals surface area contributed by atoms with Crippen LogP contribution in [0.1, 0.15) is 0 Å². The number of aliphatic hydroxyl groups excluding tert-OH is 1. The molecule has 1 aromatic carbocycles. The normalized spacial score (nSPS) is 12.2. The number of ether oxygens (including phenoxy) is 1. The molecule has 1 rings (SSSR count). The summed E-state index contributed by atoms with van der Waals surface area (Å²) in [5.41, 5.74) is 0.397. The second kappa shape index (κ2) is 7.75. The standard InChI is InChI=1S/C12H17FN2O3/c1-18-8-11(7-16)14-6-12(17)15-10-4-2-3-9(13)5-10/h2-5,11,14,16H,6-8H2,1H3,(H,15,17). The number of hydrogen-bond donors (Lipinski definition) is 3. The first-order valence-corrected chi connectivity index (χ1v) is 5.54. The van der Waals surface area contributed by atoms with Crippen LogP contribution in [0, 0.1) is 5.82 Å². The Labute approximate surface area is 105 Å². The van der Waals surface area contributed by atoms with Crippen molar-refractivity contribution in [3.8, 4) is 0 Å². The zero-order valence-electron chi connectivity index (χ0n) is 10.1. The van der Waals surface area contributed by atoms with Crippen LogP contribution in [-0.2, 0) is 9.53 Å². The van der Waals surface area contributed by atoms with Gasteiger partial charge in [0.1, 0.15) is 5.82 Å². The number of halogens is 1. The van der Waals surface area contributed by atoms with Crippen LogP contribution >= 0.6 is 0 Å². The van der Waals surface area contributed by atoms with Crippen LogP contribution < -0.4 is 10.6 Å². The highest BCUT2D eigenvalue weighted by atomic mass is 19.1. The molecule has 0 aliphatic heterocycles. The Morgan fingerprint density at radius 3 is 2.94 bits per heavy atom. The zero-order valence-corrected chi connectivity index (χ0v) is 10.1. The van der Waals surface area contributed by atoms with Gasteiger partial charge >= 0.3 is 0 Å². The van der Waals surface area contributed by atoms with Gasteiger partial charge in [-0.25, -0.2) is 4.39 Å². The monoisotopic (exact) mass is 256 g/mol. The van der Waals surface area contributed by atoms with Gasteiger partial charge < -0.3 is 20.5 Å². The van der Waals surface area contributed by atoms with Gasteiger partial charge in [0.15, 0.2) is 0 Å². The molecule has 0 radical (unpaired) electrons. The molecule has 0 bridgehead atoms. The third kappa shape index (κ3) is 5.22. The van der Waals surface area contributed by atoms with Crippen molar-refractivity contribution >= 4 is 11.6 Å². The van der Waals surface area contributed by atoms with Crippen LogP contribution in [0.2, 0.25) is 0 Å². The lowest BCUT2D eigenvalue weighted by Crippen LogP contribution is -2.41. The molecule has 6 heteroatoms. The molecule has 0 aliphatic carbocycles. The zero-order chi connectivity index (χ0) is 13.4. The lowest BCUT2D eigenvalue weighted by molar-refractivity contribution is -0.115. The Kier molecular flexibility index (Phi) is 6.27. The van der Waals surface area contributed by atoms with Crippen LogP contribution in [0.25, 0.3) is 0 Å². The third-order valence-electron chi connectivity index (χ3n) is 2.25. The summed E-state index contributed by atoms with van der Waals surface area (Å²) in [4.78, 5) is 11.5. The molecule has 0 spiro atoms. The minimum absolute atomic E-state index is 0.0189. The fourth-order valence-electron chi connectivity index (χ4n) is 1.39. The summed E-state index contributed by atoms with van der Waals surface area (Å²) in [5, 5.41) is 14.3. The van der Waals surface area contributed by atoms with Gasteiger partial charge in [0.25, 0.3) is 0 Å². The van der Waals surface area contributed by atoms with Gasteiger partial charge in [-0.2, -0.15) is 0 Å². The molecular formula is C12H17FN2O3. The first-order chi connectivity index (χ1) is 8.65. The van der Waals surface area contributed by atoms with Crippen molar-refractivity contribution in [3.05, 3.63) is 30.1 Å². The van der Waals surface area contributed by atoms with E-state index in [1.165, 1.54) is 25.3 Å². The average molecular weight is 256 g/mol. The predicted molar refractivity (Wildman–Crippen MR) is 65.8 cm³/mol. The van der Waals surface area contributed by atoms with Crippen LogP contribution in [0.4, 0.5) is 10.1 Å². The van der Waals surface area contributed by atoms with E-state index in [2.05, 4.69) is 10.6 Å².